The summed E-state index contributed by atoms with van der Waals surface area (Å²) in [7, 11) is 0. The van der Waals surface area contributed by atoms with Crippen molar-refractivity contribution in [1.82, 2.24) is 10.3 Å². The minimum absolute atomic E-state index is 0.106. The Morgan fingerprint density at radius 2 is 1.85 bits per heavy atom. The van der Waals surface area contributed by atoms with Crippen LogP contribution in [0, 0.1) is 6.92 Å². The Kier molecular flexibility index (Phi) is 6.44. The van der Waals surface area contributed by atoms with E-state index in [9.17, 15) is 4.79 Å². The average molecular weight is 380 g/mol. The third-order valence-corrected chi connectivity index (χ3v) is 4.61. The van der Waals surface area contributed by atoms with Crippen LogP contribution in [0.1, 0.15) is 27.0 Å². The molecule has 0 saturated heterocycles. The number of anilines is 1. The van der Waals surface area contributed by atoms with E-state index < -0.39 is 0 Å². The summed E-state index contributed by atoms with van der Waals surface area (Å²) in [5.74, 6) is 0.578. The van der Waals surface area contributed by atoms with Crippen molar-refractivity contribution in [3.63, 3.8) is 0 Å². The lowest BCUT2D eigenvalue weighted by Gasteiger charge is -2.10. The lowest BCUT2D eigenvalue weighted by atomic mass is 10.1. The molecule has 0 fully saturated rings. The number of nitrogens with zero attached hydrogens (tertiary/aromatic N) is 1. The first-order chi connectivity index (χ1) is 13.1. The van der Waals surface area contributed by atoms with Crippen LogP contribution in [0.25, 0.3) is 0 Å². The quantitative estimate of drug-likeness (QED) is 0.629. The number of nitrogens with one attached hydrogen (secondary N) is 2. The third kappa shape index (κ3) is 5.56. The van der Waals surface area contributed by atoms with Gasteiger partial charge in [-0.1, -0.05) is 48.0 Å². The highest BCUT2D eigenvalue weighted by atomic mass is 35.5. The van der Waals surface area contributed by atoms with Gasteiger partial charge >= 0.3 is 0 Å². The highest BCUT2D eigenvalue weighted by Crippen LogP contribution is 2.12. The van der Waals surface area contributed by atoms with Gasteiger partial charge in [0.05, 0.1) is 0 Å². The Balaban J connectivity index is 1.53. The minimum Gasteiger partial charge on any atom is -0.366 e. The van der Waals surface area contributed by atoms with E-state index in [1.165, 1.54) is 11.1 Å². The molecule has 0 aliphatic rings. The van der Waals surface area contributed by atoms with E-state index in [1.54, 1.807) is 18.3 Å². The van der Waals surface area contributed by atoms with Gasteiger partial charge in [-0.05, 0) is 54.3 Å². The van der Waals surface area contributed by atoms with E-state index in [2.05, 4.69) is 34.7 Å². The van der Waals surface area contributed by atoms with Crippen LogP contribution < -0.4 is 10.6 Å². The molecule has 0 aliphatic carbocycles. The van der Waals surface area contributed by atoms with E-state index in [1.807, 2.05) is 36.4 Å². The fourth-order valence-corrected chi connectivity index (χ4v) is 2.86. The zero-order valence-corrected chi connectivity index (χ0v) is 16.0. The number of carbonyl (C=O) groups excluding carboxylic acids is 1. The maximum absolute atomic E-state index is 12.4. The van der Waals surface area contributed by atoms with Gasteiger partial charge in [0.15, 0.2) is 0 Å². The number of halogens is 1. The molecule has 2 aromatic carbocycles. The van der Waals surface area contributed by atoms with E-state index in [-0.39, 0.29) is 5.91 Å². The van der Waals surface area contributed by atoms with Crippen LogP contribution in [-0.4, -0.2) is 17.4 Å². The van der Waals surface area contributed by atoms with E-state index in [0.717, 1.165) is 12.0 Å². The Bertz CT molecular complexity index is 909. The summed E-state index contributed by atoms with van der Waals surface area (Å²) in [4.78, 5) is 16.7. The molecule has 2 N–H and O–H groups in total. The third-order valence-electron chi connectivity index (χ3n) is 4.36. The van der Waals surface area contributed by atoms with Crippen molar-refractivity contribution in [2.24, 2.45) is 0 Å². The van der Waals surface area contributed by atoms with Crippen LogP contribution >= 0.6 is 11.6 Å². The average Bonchev–Trinajstić information content (AvgIpc) is 2.69. The molecule has 0 radical (unpaired) electrons. The van der Waals surface area contributed by atoms with E-state index in [0.29, 0.717) is 29.5 Å². The minimum atomic E-state index is -0.106. The highest BCUT2D eigenvalue weighted by molar-refractivity contribution is 6.30. The SMILES string of the molecule is Cc1ccccc1CNc1cc(C(=O)NCCc2ccc(Cl)cc2)ccn1. The fraction of sp³-hybridized carbons (Fsp3) is 0.182. The fourth-order valence-electron chi connectivity index (χ4n) is 2.74. The van der Waals surface area contributed by atoms with Crippen molar-refractivity contribution >= 4 is 23.3 Å². The van der Waals surface area contributed by atoms with Crippen LogP contribution in [0.15, 0.2) is 66.9 Å². The summed E-state index contributed by atoms with van der Waals surface area (Å²) in [5.41, 5.74) is 4.15. The molecule has 1 aromatic heterocycles. The molecule has 138 valence electrons. The molecule has 4 nitrogen and oxygen atoms in total. The van der Waals surface area contributed by atoms with Crippen molar-refractivity contribution in [1.29, 1.82) is 0 Å². The maximum atomic E-state index is 12.4. The molecule has 0 saturated carbocycles. The zero-order valence-electron chi connectivity index (χ0n) is 15.2. The normalized spacial score (nSPS) is 10.4. The highest BCUT2D eigenvalue weighted by Gasteiger charge is 2.07. The summed E-state index contributed by atoms with van der Waals surface area (Å²) in [6, 6.07) is 19.3. The first kappa shape index (κ1) is 18.9. The summed E-state index contributed by atoms with van der Waals surface area (Å²) in [6.07, 6.45) is 2.40. The van der Waals surface area contributed by atoms with E-state index >= 15 is 0 Å². The number of benzene rings is 2. The monoisotopic (exact) mass is 379 g/mol. The molecular formula is C22H22ClN3O. The second kappa shape index (κ2) is 9.19. The lowest BCUT2D eigenvalue weighted by Crippen LogP contribution is -2.25. The number of aromatic nitrogens is 1. The van der Waals surface area contributed by atoms with Crippen molar-refractivity contribution in [3.05, 3.63) is 94.1 Å². The summed E-state index contributed by atoms with van der Waals surface area (Å²) < 4.78 is 0. The Hall–Kier alpha value is -2.85. The number of amides is 1. The molecule has 27 heavy (non-hydrogen) atoms. The van der Waals surface area contributed by atoms with Crippen molar-refractivity contribution in [2.75, 3.05) is 11.9 Å². The van der Waals surface area contributed by atoms with E-state index in [4.69, 9.17) is 11.6 Å². The predicted octanol–water partition coefficient (Wildman–Crippen LogP) is 4.63. The van der Waals surface area contributed by atoms with Crippen LogP contribution in [-0.2, 0) is 13.0 Å². The standard InChI is InChI=1S/C22H22ClN3O/c1-16-4-2-3-5-19(16)15-26-21-14-18(11-13-24-21)22(27)25-12-10-17-6-8-20(23)9-7-17/h2-9,11,13-14H,10,12,15H2,1H3,(H,24,26)(H,25,27). The molecule has 1 heterocycles. The van der Waals surface area contributed by atoms with Crippen LogP contribution in [0.3, 0.4) is 0 Å². The van der Waals surface area contributed by atoms with Gasteiger partial charge in [0.1, 0.15) is 5.82 Å². The maximum Gasteiger partial charge on any atom is 0.251 e. The number of rotatable bonds is 7. The Morgan fingerprint density at radius 3 is 2.63 bits per heavy atom. The number of pyridine rings is 1. The van der Waals surface area contributed by atoms with Gasteiger partial charge in [0, 0.05) is 29.9 Å². The van der Waals surface area contributed by atoms with Gasteiger partial charge in [0.2, 0.25) is 0 Å². The largest absolute Gasteiger partial charge is 0.366 e. The predicted molar refractivity (Wildman–Crippen MR) is 110 cm³/mol. The zero-order chi connectivity index (χ0) is 19.1. The summed E-state index contributed by atoms with van der Waals surface area (Å²) in [6.45, 7) is 3.31. The molecular weight excluding hydrogens is 358 g/mol. The van der Waals surface area contributed by atoms with Gasteiger partial charge in [-0.2, -0.15) is 0 Å². The van der Waals surface area contributed by atoms with Gasteiger partial charge in [-0.25, -0.2) is 4.98 Å². The number of carbonyl (C=O) groups is 1. The smallest absolute Gasteiger partial charge is 0.251 e. The number of hydrogen-bond donors (Lipinski definition) is 2. The van der Waals surface area contributed by atoms with Crippen LogP contribution in [0.2, 0.25) is 5.02 Å². The van der Waals surface area contributed by atoms with Gasteiger partial charge in [-0.15, -0.1) is 0 Å². The number of hydrogen-bond acceptors (Lipinski definition) is 3. The van der Waals surface area contributed by atoms with Gasteiger partial charge < -0.3 is 10.6 Å². The molecule has 3 rings (SSSR count). The first-order valence-electron chi connectivity index (χ1n) is 8.89. The first-order valence-corrected chi connectivity index (χ1v) is 9.27. The van der Waals surface area contributed by atoms with Crippen molar-refractivity contribution in [2.45, 2.75) is 19.9 Å². The van der Waals surface area contributed by atoms with Crippen molar-refractivity contribution in [3.8, 4) is 0 Å². The molecule has 5 heteroatoms. The van der Waals surface area contributed by atoms with Gasteiger partial charge in [-0.3, -0.25) is 4.79 Å². The second-order valence-electron chi connectivity index (χ2n) is 6.34. The topological polar surface area (TPSA) is 54.0 Å². The summed E-state index contributed by atoms with van der Waals surface area (Å²) >= 11 is 5.88. The Labute approximate surface area is 164 Å². The summed E-state index contributed by atoms with van der Waals surface area (Å²) in [5, 5.41) is 6.94. The molecule has 0 atom stereocenters. The number of aryl methyl sites for hydroxylation is 1. The Morgan fingerprint density at radius 1 is 1.07 bits per heavy atom. The van der Waals surface area contributed by atoms with Crippen LogP contribution in [0.5, 0.6) is 0 Å². The molecule has 0 aliphatic heterocycles. The van der Waals surface area contributed by atoms with Gasteiger partial charge in [0.25, 0.3) is 5.91 Å². The lowest BCUT2D eigenvalue weighted by molar-refractivity contribution is 0.0954. The molecule has 0 bridgehead atoms. The second-order valence-corrected chi connectivity index (χ2v) is 6.78. The van der Waals surface area contributed by atoms with Crippen molar-refractivity contribution < 1.29 is 4.79 Å². The molecule has 0 spiro atoms. The molecule has 0 unspecified atom stereocenters. The molecule has 1 amide bonds. The molecule has 3 aromatic rings. The van der Waals surface area contributed by atoms with Crippen LogP contribution in [0.4, 0.5) is 5.82 Å².